The summed E-state index contributed by atoms with van der Waals surface area (Å²) in [5.41, 5.74) is 2.80. The van der Waals surface area contributed by atoms with E-state index in [0.29, 0.717) is 10.0 Å². The Morgan fingerprint density at radius 2 is 1.81 bits per heavy atom. The minimum absolute atomic E-state index is 0.197. The zero-order chi connectivity index (χ0) is 18.4. The van der Waals surface area contributed by atoms with E-state index in [4.69, 9.17) is 27.9 Å². The number of anilines is 1. The Hall–Kier alpha value is -1.85. The largest absolute Gasteiger partial charge is 0.379 e. The molecule has 0 aromatic heterocycles. The second-order valence-corrected chi connectivity index (χ2v) is 6.90. The number of hydrogen-bond acceptors (Lipinski definition) is 3. The Morgan fingerprint density at radius 3 is 2.50 bits per heavy atom. The van der Waals surface area contributed by atoms with Gasteiger partial charge in [0, 0.05) is 31.4 Å². The van der Waals surface area contributed by atoms with Crippen molar-refractivity contribution in [2.24, 2.45) is 0 Å². The fourth-order valence-electron chi connectivity index (χ4n) is 2.68. The first kappa shape index (κ1) is 18.9. The quantitative estimate of drug-likeness (QED) is 0.765. The second-order valence-electron chi connectivity index (χ2n) is 6.08. The van der Waals surface area contributed by atoms with Crippen molar-refractivity contribution in [2.75, 3.05) is 31.6 Å². The smallest absolute Gasteiger partial charge is 0.248 e. The average Bonchev–Trinajstić information content (AvgIpc) is 2.65. The maximum Gasteiger partial charge on any atom is 0.248 e. The normalized spacial score (nSPS) is 15.3. The van der Waals surface area contributed by atoms with E-state index in [9.17, 15) is 4.79 Å². The van der Waals surface area contributed by atoms with E-state index in [2.05, 4.69) is 10.2 Å². The van der Waals surface area contributed by atoms with Crippen LogP contribution in [-0.2, 0) is 16.1 Å². The Labute approximate surface area is 163 Å². The predicted molar refractivity (Wildman–Crippen MR) is 107 cm³/mol. The highest BCUT2D eigenvalue weighted by atomic mass is 35.5. The van der Waals surface area contributed by atoms with Gasteiger partial charge in [-0.25, -0.2) is 0 Å². The van der Waals surface area contributed by atoms with Gasteiger partial charge >= 0.3 is 0 Å². The number of carbonyl (C=O) groups is 1. The van der Waals surface area contributed by atoms with Crippen molar-refractivity contribution in [3.8, 4) is 0 Å². The minimum atomic E-state index is -0.197. The lowest BCUT2D eigenvalue weighted by molar-refractivity contribution is -0.111. The molecule has 4 nitrogen and oxygen atoms in total. The summed E-state index contributed by atoms with van der Waals surface area (Å²) >= 11 is 11.8. The predicted octanol–water partition coefficient (Wildman–Crippen LogP) is 4.48. The monoisotopic (exact) mass is 390 g/mol. The van der Waals surface area contributed by atoms with Crippen molar-refractivity contribution in [3.63, 3.8) is 0 Å². The zero-order valence-corrected chi connectivity index (χ0v) is 15.8. The summed E-state index contributed by atoms with van der Waals surface area (Å²) in [5.74, 6) is -0.197. The van der Waals surface area contributed by atoms with E-state index < -0.39 is 0 Å². The molecule has 1 aliphatic heterocycles. The number of halogens is 2. The number of ether oxygens (including phenoxy) is 1. The Balaban J connectivity index is 1.53. The van der Waals surface area contributed by atoms with Gasteiger partial charge in [-0.2, -0.15) is 0 Å². The molecule has 1 aliphatic rings. The molecule has 0 aliphatic carbocycles. The van der Waals surface area contributed by atoms with E-state index in [-0.39, 0.29) is 5.91 Å². The number of rotatable bonds is 5. The zero-order valence-electron chi connectivity index (χ0n) is 14.3. The van der Waals surface area contributed by atoms with Crippen LogP contribution in [0.2, 0.25) is 10.0 Å². The third-order valence-corrected chi connectivity index (χ3v) is 4.84. The maximum atomic E-state index is 12.1. The van der Waals surface area contributed by atoms with Gasteiger partial charge in [-0.3, -0.25) is 9.69 Å². The third-order valence-electron chi connectivity index (χ3n) is 4.10. The fourth-order valence-corrected chi connectivity index (χ4v) is 2.99. The van der Waals surface area contributed by atoms with Crippen LogP contribution in [0.4, 0.5) is 5.69 Å². The van der Waals surface area contributed by atoms with Crippen LogP contribution in [0.25, 0.3) is 6.08 Å². The summed E-state index contributed by atoms with van der Waals surface area (Å²) in [6.07, 6.45) is 3.17. The second kappa shape index (κ2) is 9.19. The van der Waals surface area contributed by atoms with Gasteiger partial charge in [-0.1, -0.05) is 41.4 Å². The molecule has 1 fully saturated rings. The van der Waals surface area contributed by atoms with Crippen molar-refractivity contribution in [1.29, 1.82) is 0 Å². The molecule has 2 aromatic rings. The molecule has 3 rings (SSSR count). The molecule has 1 N–H and O–H groups in total. The Morgan fingerprint density at radius 1 is 1.08 bits per heavy atom. The SMILES string of the molecule is O=C(/C=C/c1ccc(Cl)c(Cl)c1)Nc1ccc(CN2CCOCC2)cc1. The van der Waals surface area contributed by atoms with Crippen molar-refractivity contribution in [1.82, 2.24) is 4.90 Å². The number of carbonyl (C=O) groups excluding carboxylic acids is 1. The average molecular weight is 391 g/mol. The summed E-state index contributed by atoms with van der Waals surface area (Å²) in [7, 11) is 0. The van der Waals surface area contributed by atoms with E-state index in [1.165, 1.54) is 11.6 Å². The molecule has 1 saturated heterocycles. The fraction of sp³-hybridized carbons (Fsp3) is 0.250. The summed E-state index contributed by atoms with van der Waals surface area (Å²) in [6.45, 7) is 4.39. The summed E-state index contributed by atoms with van der Waals surface area (Å²) in [5, 5.41) is 3.80. The van der Waals surface area contributed by atoms with Crippen LogP contribution >= 0.6 is 23.2 Å². The maximum absolute atomic E-state index is 12.1. The highest BCUT2D eigenvalue weighted by molar-refractivity contribution is 6.42. The highest BCUT2D eigenvalue weighted by Crippen LogP contribution is 2.23. The van der Waals surface area contributed by atoms with Crippen LogP contribution in [0.1, 0.15) is 11.1 Å². The lowest BCUT2D eigenvalue weighted by atomic mass is 10.2. The minimum Gasteiger partial charge on any atom is -0.379 e. The molecule has 1 amide bonds. The van der Waals surface area contributed by atoms with E-state index in [1.807, 2.05) is 24.3 Å². The molecule has 6 heteroatoms. The summed E-state index contributed by atoms with van der Waals surface area (Å²) in [6, 6.07) is 13.1. The van der Waals surface area contributed by atoms with Gasteiger partial charge in [0.1, 0.15) is 0 Å². The third kappa shape index (κ3) is 5.58. The molecule has 1 heterocycles. The molecule has 0 bridgehead atoms. The molecule has 0 saturated carbocycles. The van der Waals surface area contributed by atoms with Gasteiger partial charge in [0.05, 0.1) is 23.3 Å². The number of morpholine rings is 1. The molecule has 136 valence electrons. The van der Waals surface area contributed by atoms with Crippen LogP contribution < -0.4 is 5.32 Å². The molecular formula is C20H20Cl2N2O2. The molecular weight excluding hydrogens is 371 g/mol. The summed E-state index contributed by atoms with van der Waals surface area (Å²) < 4.78 is 5.36. The number of nitrogens with one attached hydrogen (secondary N) is 1. The number of hydrogen-bond donors (Lipinski definition) is 1. The molecule has 0 spiro atoms. The molecule has 0 unspecified atom stereocenters. The van der Waals surface area contributed by atoms with Crippen LogP contribution in [0.3, 0.4) is 0 Å². The topological polar surface area (TPSA) is 41.6 Å². The number of benzene rings is 2. The highest BCUT2D eigenvalue weighted by Gasteiger charge is 2.10. The van der Waals surface area contributed by atoms with Gasteiger partial charge in [0.25, 0.3) is 0 Å². The van der Waals surface area contributed by atoms with Crippen molar-refractivity contribution < 1.29 is 9.53 Å². The lowest BCUT2D eigenvalue weighted by Crippen LogP contribution is -2.35. The molecule has 0 radical (unpaired) electrons. The first-order valence-electron chi connectivity index (χ1n) is 8.43. The Bertz CT molecular complexity index is 785. The van der Waals surface area contributed by atoms with Gasteiger partial charge in [0.2, 0.25) is 5.91 Å². The first-order valence-corrected chi connectivity index (χ1v) is 9.19. The molecule has 2 aromatic carbocycles. The lowest BCUT2D eigenvalue weighted by Gasteiger charge is -2.26. The van der Waals surface area contributed by atoms with Crippen LogP contribution in [0, 0.1) is 0 Å². The van der Waals surface area contributed by atoms with Crippen molar-refractivity contribution in [2.45, 2.75) is 6.54 Å². The van der Waals surface area contributed by atoms with Crippen molar-refractivity contribution >= 4 is 40.9 Å². The van der Waals surface area contributed by atoms with E-state index in [1.54, 1.807) is 24.3 Å². The summed E-state index contributed by atoms with van der Waals surface area (Å²) in [4.78, 5) is 14.4. The first-order chi connectivity index (χ1) is 12.6. The number of nitrogens with zero attached hydrogens (tertiary/aromatic N) is 1. The number of amides is 1. The molecule has 0 atom stereocenters. The van der Waals surface area contributed by atoms with Gasteiger partial charge in [0.15, 0.2) is 0 Å². The van der Waals surface area contributed by atoms with Crippen LogP contribution in [-0.4, -0.2) is 37.1 Å². The van der Waals surface area contributed by atoms with Gasteiger partial charge < -0.3 is 10.1 Å². The van der Waals surface area contributed by atoms with E-state index in [0.717, 1.165) is 44.1 Å². The van der Waals surface area contributed by atoms with Gasteiger partial charge in [-0.15, -0.1) is 0 Å². The van der Waals surface area contributed by atoms with E-state index >= 15 is 0 Å². The van der Waals surface area contributed by atoms with Crippen LogP contribution in [0.5, 0.6) is 0 Å². The Kier molecular flexibility index (Phi) is 6.69. The van der Waals surface area contributed by atoms with Gasteiger partial charge in [-0.05, 0) is 41.5 Å². The van der Waals surface area contributed by atoms with Crippen molar-refractivity contribution in [3.05, 3.63) is 69.7 Å². The van der Waals surface area contributed by atoms with Crippen LogP contribution in [0.15, 0.2) is 48.5 Å². The molecule has 26 heavy (non-hydrogen) atoms. The standard InChI is InChI=1S/C20H20Cl2N2O2/c21-18-7-3-15(13-19(18)22)4-8-20(25)23-17-5-1-16(2-6-17)14-24-9-11-26-12-10-24/h1-8,13H,9-12,14H2,(H,23,25)/b8-4+.